The Labute approximate surface area is 150 Å². The van der Waals surface area contributed by atoms with Crippen LogP contribution in [0.4, 0.5) is 4.79 Å². The Morgan fingerprint density at radius 1 is 1.12 bits per heavy atom. The van der Waals surface area contributed by atoms with E-state index < -0.39 is 6.03 Å². The first-order valence-corrected chi connectivity index (χ1v) is 8.12. The third-order valence-corrected chi connectivity index (χ3v) is 4.29. The van der Waals surface area contributed by atoms with E-state index in [1.807, 2.05) is 0 Å². The number of carbonyl (C=O) groups is 2. The van der Waals surface area contributed by atoms with Crippen LogP contribution in [0.25, 0.3) is 6.08 Å². The predicted octanol–water partition coefficient (Wildman–Crippen LogP) is 3.76. The maximum atomic E-state index is 12.5. The van der Waals surface area contributed by atoms with E-state index in [-0.39, 0.29) is 23.9 Å². The second-order valence-electron chi connectivity index (χ2n) is 6.01. The smallest absolute Gasteiger partial charge is 0.329 e. The minimum Gasteiger partial charge on any atom is -0.507 e. The van der Waals surface area contributed by atoms with Gasteiger partial charge in [0.15, 0.2) is 0 Å². The van der Waals surface area contributed by atoms with Gasteiger partial charge in [-0.15, -0.1) is 0 Å². The van der Waals surface area contributed by atoms with Gasteiger partial charge in [-0.2, -0.15) is 0 Å². The first-order chi connectivity index (χ1) is 11.8. The van der Waals surface area contributed by atoms with Crippen LogP contribution in [0.1, 0.15) is 22.3 Å². The fraction of sp³-hybridized carbons (Fsp3) is 0.158. The van der Waals surface area contributed by atoms with Crippen LogP contribution in [0.15, 0.2) is 42.1 Å². The molecule has 0 unspecified atom stereocenters. The van der Waals surface area contributed by atoms with Gasteiger partial charge in [-0.1, -0.05) is 23.7 Å². The van der Waals surface area contributed by atoms with Crippen molar-refractivity contribution in [2.75, 3.05) is 0 Å². The van der Waals surface area contributed by atoms with Gasteiger partial charge < -0.3 is 10.4 Å². The fourth-order valence-corrected chi connectivity index (χ4v) is 2.85. The van der Waals surface area contributed by atoms with Crippen LogP contribution < -0.4 is 5.32 Å². The highest BCUT2D eigenvalue weighted by atomic mass is 35.5. The number of aromatic hydroxyl groups is 1. The number of rotatable bonds is 3. The van der Waals surface area contributed by atoms with E-state index in [1.54, 1.807) is 56.3 Å². The van der Waals surface area contributed by atoms with Gasteiger partial charge in [0.1, 0.15) is 11.4 Å². The average Bonchev–Trinajstić information content (AvgIpc) is 2.82. The number of benzene rings is 2. The number of phenolic OH excluding ortho intramolecular Hbond substituents is 1. The highest BCUT2D eigenvalue weighted by Gasteiger charge is 2.33. The maximum Gasteiger partial charge on any atom is 0.329 e. The summed E-state index contributed by atoms with van der Waals surface area (Å²) in [5, 5.41) is 13.0. The van der Waals surface area contributed by atoms with E-state index in [4.69, 9.17) is 11.6 Å². The van der Waals surface area contributed by atoms with Gasteiger partial charge in [-0.05, 0) is 66.4 Å². The molecule has 5 nitrogen and oxygen atoms in total. The maximum absolute atomic E-state index is 12.5. The van der Waals surface area contributed by atoms with Crippen molar-refractivity contribution >= 4 is 29.6 Å². The van der Waals surface area contributed by atoms with Crippen LogP contribution in [0.2, 0.25) is 5.02 Å². The molecule has 3 rings (SSSR count). The first-order valence-electron chi connectivity index (χ1n) is 7.74. The van der Waals surface area contributed by atoms with E-state index in [1.165, 1.54) is 0 Å². The van der Waals surface area contributed by atoms with Crippen molar-refractivity contribution in [2.24, 2.45) is 0 Å². The zero-order valence-electron chi connectivity index (χ0n) is 13.8. The lowest BCUT2D eigenvalue weighted by Crippen LogP contribution is -2.30. The first kappa shape index (κ1) is 17.0. The summed E-state index contributed by atoms with van der Waals surface area (Å²) in [4.78, 5) is 25.8. The number of imide groups is 1. The van der Waals surface area contributed by atoms with E-state index in [0.29, 0.717) is 16.1 Å². The zero-order chi connectivity index (χ0) is 18.1. The van der Waals surface area contributed by atoms with Gasteiger partial charge >= 0.3 is 6.03 Å². The molecule has 0 aromatic heterocycles. The summed E-state index contributed by atoms with van der Waals surface area (Å²) in [5.74, 6) is -0.156. The Morgan fingerprint density at radius 3 is 2.32 bits per heavy atom. The molecule has 1 fully saturated rings. The van der Waals surface area contributed by atoms with Crippen LogP contribution in [0, 0.1) is 13.8 Å². The predicted molar refractivity (Wildman–Crippen MR) is 96.1 cm³/mol. The van der Waals surface area contributed by atoms with E-state index >= 15 is 0 Å². The Bertz CT molecular complexity index is 865. The largest absolute Gasteiger partial charge is 0.507 e. The Kier molecular flexibility index (Phi) is 4.51. The highest BCUT2D eigenvalue weighted by Crippen LogP contribution is 2.25. The number of phenols is 1. The van der Waals surface area contributed by atoms with Gasteiger partial charge in [-0.25, -0.2) is 4.79 Å². The topological polar surface area (TPSA) is 69.6 Å². The number of hydrogen-bond acceptors (Lipinski definition) is 3. The molecule has 0 radical (unpaired) electrons. The Hall–Kier alpha value is -2.79. The van der Waals surface area contributed by atoms with Gasteiger partial charge in [0.2, 0.25) is 0 Å². The van der Waals surface area contributed by atoms with Gasteiger partial charge in [-0.3, -0.25) is 9.69 Å². The molecule has 0 saturated carbocycles. The van der Waals surface area contributed by atoms with Crippen molar-refractivity contribution in [3.8, 4) is 5.75 Å². The SMILES string of the molecule is Cc1cc(C=C2NC(=O)N(Cc3ccc(Cl)cc3)C2=O)cc(C)c1O. The van der Waals surface area contributed by atoms with Crippen molar-refractivity contribution in [3.05, 3.63) is 69.4 Å². The normalized spacial score (nSPS) is 15.8. The summed E-state index contributed by atoms with van der Waals surface area (Å²) in [6.45, 7) is 3.74. The number of nitrogens with one attached hydrogen (secondary N) is 1. The van der Waals surface area contributed by atoms with Crippen LogP contribution in [0.3, 0.4) is 0 Å². The minimum absolute atomic E-state index is 0.173. The molecule has 2 N–H and O–H groups in total. The number of aryl methyl sites for hydroxylation is 2. The molecule has 0 bridgehead atoms. The molecule has 6 heteroatoms. The number of nitrogens with zero attached hydrogens (tertiary/aromatic N) is 1. The second-order valence-corrected chi connectivity index (χ2v) is 6.45. The molecule has 3 amide bonds. The molecule has 25 heavy (non-hydrogen) atoms. The van der Waals surface area contributed by atoms with Crippen molar-refractivity contribution < 1.29 is 14.7 Å². The monoisotopic (exact) mass is 356 g/mol. The molecule has 1 saturated heterocycles. The van der Waals surface area contributed by atoms with Gasteiger partial charge in [0, 0.05) is 5.02 Å². The van der Waals surface area contributed by atoms with Crippen molar-refractivity contribution in [3.63, 3.8) is 0 Å². The molecule has 1 aliphatic rings. The van der Waals surface area contributed by atoms with Crippen molar-refractivity contribution in [2.45, 2.75) is 20.4 Å². The summed E-state index contributed by atoms with van der Waals surface area (Å²) in [5.41, 5.74) is 3.18. The summed E-state index contributed by atoms with van der Waals surface area (Å²) >= 11 is 5.85. The van der Waals surface area contributed by atoms with Crippen molar-refractivity contribution in [1.29, 1.82) is 0 Å². The molecule has 0 atom stereocenters. The third kappa shape index (κ3) is 3.51. The van der Waals surface area contributed by atoms with E-state index in [0.717, 1.165) is 16.0 Å². The van der Waals surface area contributed by atoms with E-state index in [9.17, 15) is 14.7 Å². The molecule has 2 aromatic rings. The molecular weight excluding hydrogens is 340 g/mol. The summed E-state index contributed by atoms with van der Waals surface area (Å²) in [7, 11) is 0. The number of carbonyl (C=O) groups excluding carboxylic acids is 2. The third-order valence-electron chi connectivity index (χ3n) is 4.04. The van der Waals surface area contributed by atoms with Gasteiger partial charge in [0.25, 0.3) is 5.91 Å². The number of urea groups is 1. The van der Waals surface area contributed by atoms with Gasteiger partial charge in [0.05, 0.1) is 6.54 Å². The molecule has 0 aliphatic carbocycles. The van der Waals surface area contributed by atoms with Crippen LogP contribution >= 0.6 is 11.6 Å². The Morgan fingerprint density at radius 2 is 1.72 bits per heavy atom. The van der Waals surface area contributed by atoms with Crippen molar-refractivity contribution in [1.82, 2.24) is 10.2 Å². The fourth-order valence-electron chi connectivity index (χ4n) is 2.73. The zero-order valence-corrected chi connectivity index (χ0v) is 14.6. The second kappa shape index (κ2) is 6.61. The number of hydrogen-bond donors (Lipinski definition) is 2. The quantitative estimate of drug-likeness (QED) is 0.650. The van der Waals surface area contributed by atoms with Crippen LogP contribution in [-0.2, 0) is 11.3 Å². The van der Waals surface area contributed by atoms with Crippen LogP contribution in [0.5, 0.6) is 5.75 Å². The summed E-state index contributed by atoms with van der Waals surface area (Å²) in [6, 6.07) is 10.0. The highest BCUT2D eigenvalue weighted by molar-refractivity contribution is 6.30. The molecule has 1 aliphatic heterocycles. The average molecular weight is 357 g/mol. The lowest BCUT2D eigenvalue weighted by Gasteiger charge is -2.11. The molecule has 0 spiro atoms. The van der Waals surface area contributed by atoms with E-state index in [2.05, 4.69) is 5.32 Å². The summed E-state index contributed by atoms with van der Waals surface area (Å²) < 4.78 is 0. The standard InChI is InChI=1S/C19H17ClN2O3/c1-11-7-14(8-12(2)17(11)23)9-16-18(24)22(19(25)21-16)10-13-3-5-15(20)6-4-13/h3-9,23H,10H2,1-2H3,(H,21,25). The molecule has 2 aromatic carbocycles. The number of halogens is 1. The lowest BCUT2D eigenvalue weighted by atomic mass is 10.0. The number of amides is 3. The molecular formula is C19H17ClN2O3. The summed E-state index contributed by atoms with van der Waals surface area (Å²) in [6.07, 6.45) is 1.61. The lowest BCUT2D eigenvalue weighted by molar-refractivity contribution is -0.123. The minimum atomic E-state index is -0.460. The molecule has 128 valence electrons. The Balaban J connectivity index is 1.84. The van der Waals surface area contributed by atoms with Crippen LogP contribution in [-0.4, -0.2) is 21.9 Å². The molecule has 1 heterocycles.